The van der Waals surface area contributed by atoms with Crippen molar-refractivity contribution in [3.8, 4) is 0 Å². The molecule has 1 rings (SSSR count). The topological polar surface area (TPSA) is 56.7 Å². The molecule has 0 aliphatic heterocycles. The van der Waals surface area contributed by atoms with E-state index in [1.54, 1.807) is 12.4 Å². The lowest BCUT2D eigenvalue weighted by Crippen LogP contribution is -2.37. The zero-order chi connectivity index (χ0) is 13.5. The van der Waals surface area contributed by atoms with Crippen LogP contribution in [-0.2, 0) is 4.79 Å². The van der Waals surface area contributed by atoms with Gasteiger partial charge in [-0.15, -0.1) is 0 Å². The lowest BCUT2D eigenvalue weighted by atomic mass is 10.1. The maximum Gasteiger partial charge on any atom is 0.317 e. The van der Waals surface area contributed by atoms with Gasteiger partial charge in [-0.3, -0.25) is 14.7 Å². The molecule has 5 nitrogen and oxygen atoms in total. The molecule has 1 aromatic rings. The molecular formula is C13H21N3O2. The predicted molar refractivity (Wildman–Crippen MR) is 70.4 cm³/mol. The molecule has 0 amide bonds. The largest absolute Gasteiger partial charge is 0.480 e. The van der Waals surface area contributed by atoms with Crippen LogP contribution in [-0.4, -0.2) is 59.6 Å². The minimum atomic E-state index is -0.797. The molecule has 5 heteroatoms. The number of carboxylic acids is 1. The van der Waals surface area contributed by atoms with E-state index in [9.17, 15) is 4.79 Å². The summed E-state index contributed by atoms with van der Waals surface area (Å²) in [5.74, 6) is -0.797. The first-order chi connectivity index (χ1) is 8.50. The van der Waals surface area contributed by atoms with Gasteiger partial charge >= 0.3 is 5.97 Å². The maximum atomic E-state index is 10.9. The van der Waals surface area contributed by atoms with Gasteiger partial charge in [0.1, 0.15) is 0 Å². The van der Waals surface area contributed by atoms with Crippen LogP contribution in [0.4, 0.5) is 0 Å². The third kappa shape index (κ3) is 4.81. The Labute approximate surface area is 108 Å². The van der Waals surface area contributed by atoms with Crippen LogP contribution in [0.2, 0.25) is 0 Å². The highest BCUT2D eigenvalue weighted by Crippen LogP contribution is 2.18. The highest BCUT2D eigenvalue weighted by atomic mass is 16.4. The molecule has 0 saturated carbocycles. The Morgan fingerprint density at radius 2 is 1.94 bits per heavy atom. The van der Waals surface area contributed by atoms with E-state index in [4.69, 9.17) is 5.11 Å². The van der Waals surface area contributed by atoms with E-state index in [2.05, 4.69) is 4.98 Å². The fourth-order valence-electron chi connectivity index (χ4n) is 1.76. The second-order valence-corrected chi connectivity index (χ2v) is 4.62. The Hall–Kier alpha value is -1.46. The van der Waals surface area contributed by atoms with Crippen LogP contribution in [0, 0.1) is 0 Å². The molecule has 1 N–H and O–H groups in total. The molecule has 0 aliphatic carbocycles. The first-order valence-corrected chi connectivity index (χ1v) is 6.01. The van der Waals surface area contributed by atoms with E-state index in [0.717, 1.165) is 18.7 Å². The summed E-state index contributed by atoms with van der Waals surface area (Å²) in [6.07, 6.45) is 3.47. The third-order valence-corrected chi connectivity index (χ3v) is 2.91. The van der Waals surface area contributed by atoms with Crippen LogP contribution >= 0.6 is 0 Å². The van der Waals surface area contributed by atoms with Crippen LogP contribution in [0.25, 0.3) is 0 Å². The number of hydrogen-bond donors (Lipinski definition) is 1. The van der Waals surface area contributed by atoms with E-state index in [1.807, 2.05) is 43.0 Å². The van der Waals surface area contributed by atoms with Crippen molar-refractivity contribution in [2.45, 2.75) is 13.0 Å². The van der Waals surface area contributed by atoms with Crippen molar-refractivity contribution >= 4 is 5.97 Å². The van der Waals surface area contributed by atoms with E-state index in [1.165, 1.54) is 0 Å². The molecule has 18 heavy (non-hydrogen) atoms. The summed E-state index contributed by atoms with van der Waals surface area (Å²) >= 11 is 0. The number of aliphatic carboxylic acids is 1. The molecule has 1 heterocycles. The van der Waals surface area contributed by atoms with E-state index < -0.39 is 5.97 Å². The monoisotopic (exact) mass is 251 g/mol. The normalized spacial score (nSPS) is 12.9. The van der Waals surface area contributed by atoms with Crippen molar-refractivity contribution in [1.29, 1.82) is 0 Å². The minimum absolute atomic E-state index is 0.0529. The maximum absolute atomic E-state index is 10.9. The standard InChI is InChI=1S/C13H21N3O2/c1-11(12-4-6-14-7-5-12)16(10-13(17)18)9-8-15(2)3/h4-7,11H,8-10H2,1-3H3,(H,17,18). The van der Waals surface area contributed by atoms with E-state index in [-0.39, 0.29) is 12.6 Å². The summed E-state index contributed by atoms with van der Waals surface area (Å²) in [7, 11) is 3.96. The Bertz CT molecular complexity index is 368. The van der Waals surface area contributed by atoms with Gasteiger partial charge in [-0.25, -0.2) is 0 Å². The van der Waals surface area contributed by atoms with Crippen LogP contribution in [0.5, 0.6) is 0 Å². The van der Waals surface area contributed by atoms with Gasteiger partial charge in [-0.05, 0) is 38.7 Å². The first-order valence-electron chi connectivity index (χ1n) is 6.01. The highest BCUT2D eigenvalue weighted by molar-refractivity contribution is 5.69. The molecular weight excluding hydrogens is 230 g/mol. The van der Waals surface area contributed by atoms with Gasteiger partial charge in [0.15, 0.2) is 0 Å². The number of carbonyl (C=O) groups is 1. The van der Waals surface area contributed by atoms with Gasteiger partial charge in [0.05, 0.1) is 6.54 Å². The van der Waals surface area contributed by atoms with Crippen molar-refractivity contribution in [2.24, 2.45) is 0 Å². The smallest absolute Gasteiger partial charge is 0.317 e. The molecule has 0 aliphatic rings. The Balaban J connectivity index is 2.72. The summed E-state index contributed by atoms with van der Waals surface area (Å²) in [4.78, 5) is 18.9. The molecule has 0 fully saturated rings. The lowest BCUT2D eigenvalue weighted by Gasteiger charge is -2.28. The SMILES string of the molecule is CC(c1ccncc1)N(CCN(C)C)CC(=O)O. The van der Waals surface area contributed by atoms with Gasteiger partial charge in [-0.2, -0.15) is 0 Å². The number of likely N-dealkylation sites (N-methyl/N-ethyl adjacent to an activating group) is 1. The number of aromatic nitrogens is 1. The third-order valence-electron chi connectivity index (χ3n) is 2.91. The molecule has 1 atom stereocenters. The molecule has 0 bridgehead atoms. The zero-order valence-electron chi connectivity index (χ0n) is 11.2. The van der Waals surface area contributed by atoms with Gasteiger partial charge in [0, 0.05) is 31.5 Å². The summed E-state index contributed by atoms with van der Waals surface area (Å²) < 4.78 is 0. The molecule has 0 radical (unpaired) electrons. The van der Waals surface area contributed by atoms with E-state index in [0.29, 0.717) is 0 Å². The Morgan fingerprint density at radius 1 is 1.33 bits per heavy atom. The number of carboxylic acid groups (broad SMARTS) is 1. The number of pyridine rings is 1. The van der Waals surface area contributed by atoms with Crippen LogP contribution in [0.15, 0.2) is 24.5 Å². The van der Waals surface area contributed by atoms with Crippen LogP contribution in [0.1, 0.15) is 18.5 Å². The number of hydrogen-bond acceptors (Lipinski definition) is 4. The van der Waals surface area contributed by atoms with Gasteiger partial charge < -0.3 is 10.0 Å². The van der Waals surface area contributed by atoms with Gasteiger partial charge in [-0.1, -0.05) is 0 Å². The first kappa shape index (κ1) is 14.6. The van der Waals surface area contributed by atoms with Crippen molar-refractivity contribution in [3.63, 3.8) is 0 Å². The minimum Gasteiger partial charge on any atom is -0.480 e. The van der Waals surface area contributed by atoms with Crippen molar-refractivity contribution in [3.05, 3.63) is 30.1 Å². The van der Waals surface area contributed by atoms with Crippen molar-refractivity contribution in [1.82, 2.24) is 14.8 Å². The van der Waals surface area contributed by atoms with Gasteiger partial charge in [0.25, 0.3) is 0 Å². The predicted octanol–water partition coefficient (Wildman–Crippen LogP) is 1.09. The average molecular weight is 251 g/mol. The molecule has 0 aromatic carbocycles. The number of nitrogens with zero attached hydrogens (tertiary/aromatic N) is 3. The fourth-order valence-corrected chi connectivity index (χ4v) is 1.76. The van der Waals surface area contributed by atoms with Gasteiger partial charge in [0.2, 0.25) is 0 Å². The van der Waals surface area contributed by atoms with Crippen LogP contribution in [0.3, 0.4) is 0 Å². The average Bonchev–Trinajstić information content (AvgIpc) is 2.34. The Morgan fingerprint density at radius 3 is 2.44 bits per heavy atom. The van der Waals surface area contributed by atoms with Crippen molar-refractivity contribution < 1.29 is 9.90 Å². The Kier molecular flexibility index (Phi) is 5.74. The number of rotatable bonds is 7. The molecule has 0 saturated heterocycles. The second kappa shape index (κ2) is 7.08. The second-order valence-electron chi connectivity index (χ2n) is 4.62. The fraction of sp³-hybridized carbons (Fsp3) is 0.538. The lowest BCUT2D eigenvalue weighted by molar-refractivity contribution is -0.138. The van der Waals surface area contributed by atoms with Crippen molar-refractivity contribution in [2.75, 3.05) is 33.7 Å². The zero-order valence-corrected chi connectivity index (χ0v) is 11.2. The van der Waals surface area contributed by atoms with Crippen LogP contribution < -0.4 is 0 Å². The summed E-state index contributed by atoms with van der Waals surface area (Å²) in [6, 6.07) is 3.92. The summed E-state index contributed by atoms with van der Waals surface area (Å²) in [6.45, 7) is 3.64. The van der Waals surface area contributed by atoms with E-state index >= 15 is 0 Å². The molecule has 1 aromatic heterocycles. The quantitative estimate of drug-likeness (QED) is 0.786. The molecule has 0 spiro atoms. The molecule has 1 unspecified atom stereocenters. The summed E-state index contributed by atoms with van der Waals surface area (Å²) in [5, 5.41) is 8.98. The summed E-state index contributed by atoms with van der Waals surface area (Å²) in [5.41, 5.74) is 1.09. The highest BCUT2D eigenvalue weighted by Gasteiger charge is 2.18. The molecule has 100 valence electrons.